The van der Waals surface area contributed by atoms with Crippen molar-refractivity contribution in [1.82, 2.24) is 15.1 Å². The highest BCUT2D eigenvalue weighted by Gasteiger charge is 2.27. The fourth-order valence-electron chi connectivity index (χ4n) is 3.16. The highest BCUT2D eigenvalue weighted by molar-refractivity contribution is 5.94. The quantitative estimate of drug-likeness (QED) is 0.772. The molecule has 3 N–H and O–H groups in total. The molecule has 1 aromatic heterocycles. The zero-order valence-electron chi connectivity index (χ0n) is 14.3. The van der Waals surface area contributed by atoms with Crippen LogP contribution in [0.3, 0.4) is 0 Å². The molecule has 1 aromatic carbocycles. The van der Waals surface area contributed by atoms with Crippen LogP contribution in [0.15, 0.2) is 18.2 Å². The highest BCUT2D eigenvalue weighted by atomic mass is 35.5. The molecule has 0 bridgehead atoms. The van der Waals surface area contributed by atoms with Crippen LogP contribution in [0.4, 0.5) is 4.39 Å². The third-order valence-corrected chi connectivity index (χ3v) is 4.39. The Bertz CT molecular complexity index is 760. The summed E-state index contributed by atoms with van der Waals surface area (Å²) in [6, 6.07) is 5.07. The summed E-state index contributed by atoms with van der Waals surface area (Å²) in [5, 5.41) is 7.32. The van der Waals surface area contributed by atoms with Gasteiger partial charge in [-0.1, -0.05) is 6.07 Å². The molecule has 25 heavy (non-hydrogen) atoms. The van der Waals surface area contributed by atoms with E-state index in [2.05, 4.69) is 10.4 Å². The number of hydrogen-bond donors (Lipinski definition) is 2. The van der Waals surface area contributed by atoms with E-state index in [0.717, 1.165) is 48.9 Å². The van der Waals surface area contributed by atoms with Crippen LogP contribution in [0, 0.1) is 12.7 Å². The number of fused-ring (bicyclic) bond motifs is 1. The number of carbonyl (C=O) groups excluding carboxylic acids is 1. The minimum atomic E-state index is -0.317. The van der Waals surface area contributed by atoms with Crippen LogP contribution in [0.1, 0.15) is 46.6 Å². The number of hydrogen-bond acceptors (Lipinski definition) is 3. The van der Waals surface area contributed by atoms with Crippen LogP contribution in [0.5, 0.6) is 0 Å². The van der Waals surface area contributed by atoms with Crippen molar-refractivity contribution in [3.63, 3.8) is 0 Å². The topological polar surface area (TPSA) is 72.9 Å². The number of nitrogens with two attached hydrogens (primary N) is 1. The van der Waals surface area contributed by atoms with Crippen molar-refractivity contribution in [1.29, 1.82) is 0 Å². The van der Waals surface area contributed by atoms with Gasteiger partial charge in [0.1, 0.15) is 11.5 Å². The van der Waals surface area contributed by atoms with Crippen molar-refractivity contribution in [2.45, 2.75) is 39.0 Å². The van der Waals surface area contributed by atoms with E-state index in [1.807, 2.05) is 13.0 Å². The van der Waals surface area contributed by atoms with Crippen molar-refractivity contribution in [3.8, 4) is 5.69 Å². The molecule has 7 heteroatoms. The molecule has 5 nitrogen and oxygen atoms in total. The number of carbonyl (C=O) groups is 1. The molecule has 0 saturated heterocycles. The van der Waals surface area contributed by atoms with Crippen LogP contribution in [0.2, 0.25) is 0 Å². The molecular weight excluding hydrogens is 343 g/mol. The first-order valence-corrected chi connectivity index (χ1v) is 8.47. The molecular formula is C18H24ClFN4O. The van der Waals surface area contributed by atoms with Crippen LogP contribution in [0.25, 0.3) is 5.69 Å². The summed E-state index contributed by atoms with van der Waals surface area (Å²) in [5.41, 5.74) is 9.05. The average Bonchev–Trinajstić information content (AvgIpc) is 3.14. The summed E-state index contributed by atoms with van der Waals surface area (Å²) in [4.78, 5) is 12.4. The first-order chi connectivity index (χ1) is 11.6. The summed E-state index contributed by atoms with van der Waals surface area (Å²) in [6.45, 7) is 3.05. The van der Waals surface area contributed by atoms with Crippen molar-refractivity contribution in [2.24, 2.45) is 5.73 Å². The lowest BCUT2D eigenvalue weighted by atomic mass is 10.2. The van der Waals surface area contributed by atoms with Crippen molar-refractivity contribution < 1.29 is 9.18 Å². The van der Waals surface area contributed by atoms with E-state index >= 15 is 0 Å². The van der Waals surface area contributed by atoms with Crippen LogP contribution >= 0.6 is 12.4 Å². The molecule has 0 atom stereocenters. The lowest BCUT2D eigenvalue weighted by molar-refractivity contribution is 0.0946. The fraction of sp³-hybridized carbons (Fsp3) is 0.444. The normalized spacial score (nSPS) is 12.6. The smallest absolute Gasteiger partial charge is 0.272 e. The number of unbranched alkanes of at least 4 members (excludes halogenated alkanes) is 1. The predicted molar refractivity (Wildman–Crippen MR) is 98.2 cm³/mol. The Morgan fingerprint density at radius 2 is 2.16 bits per heavy atom. The standard InChI is InChI=1S/C18H23FN4O.ClH/c1-12-7-8-16(14(19)11-12)23-15-6-4-5-13(15)17(22-23)18(24)21-10-3-2-9-20;/h7-8,11H,2-6,9-10,20H2,1H3,(H,21,24);1H. The van der Waals surface area contributed by atoms with Gasteiger partial charge in [-0.25, -0.2) is 9.07 Å². The van der Waals surface area contributed by atoms with Gasteiger partial charge < -0.3 is 11.1 Å². The van der Waals surface area contributed by atoms with E-state index in [1.165, 1.54) is 6.07 Å². The van der Waals surface area contributed by atoms with Crippen molar-refractivity contribution in [2.75, 3.05) is 13.1 Å². The third kappa shape index (κ3) is 4.02. The van der Waals surface area contributed by atoms with E-state index in [4.69, 9.17) is 5.73 Å². The van der Waals surface area contributed by atoms with Gasteiger partial charge >= 0.3 is 0 Å². The van der Waals surface area contributed by atoms with Gasteiger partial charge in [-0.05, 0) is 63.3 Å². The highest BCUT2D eigenvalue weighted by Crippen LogP contribution is 2.28. The van der Waals surface area contributed by atoms with Gasteiger partial charge in [-0.3, -0.25) is 4.79 Å². The average molecular weight is 367 g/mol. The SMILES string of the molecule is Cc1ccc(-n2nc(C(=O)NCCCCN)c3c2CCC3)c(F)c1.Cl. The Hall–Kier alpha value is -1.92. The lowest BCUT2D eigenvalue weighted by Gasteiger charge is -2.07. The second-order valence-corrected chi connectivity index (χ2v) is 6.25. The van der Waals surface area contributed by atoms with E-state index in [1.54, 1.807) is 10.7 Å². The molecule has 0 spiro atoms. The molecule has 136 valence electrons. The Labute approximate surface area is 153 Å². The summed E-state index contributed by atoms with van der Waals surface area (Å²) >= 11 is 0. The molecule has 1 heterocycles. The summed E-state index contributed by atoms with van der Waals surface area (Å²) < 4.78 is 15.9. The molecule has 0 fully saturated rings. The second-order valence-electron chi connectivity index (χ2n) is 6.25. The molecule has 1 aliphatic carbocycles. The fourth-order valence-corrected chi connectivity index (χ4v) is 3.16. The van der Waals surface area contributed by atoms with Crippen LogP contribution in [-0.4, -0.2) is 28.8 Å². The number of amides is 1. The first-order valence-electron chi connectivity index (χ1n) is 8.47. The van der Waals surface area contributed by atoms with E-state index in [0.29, 0.717) is 24.5 Å². The first kappa shape index (κ1) is 19.4. The van der Waals surface area contributed by atoms with E-state index < -0.39 is 0 Å². The van der Waals surface area contributed by atoms with Crippen molar-refractivity contribution in [3.05, 3.63) is 46.5 Å². The van der Waals surface area contributed by atoms with Gasteiger partial charge in [0.2, 0.25) is 0 Å². The van der Waals surface area contributed by atoms with Gasteiger partial charge in [-0.15, -0.1) is 12.4 Å². The van der Waals surface area contributed by atoms with Crippen LogP contribution in [-0.2, 0) is 12.8 Å². The Kier molecular flexibility index (Phi) is 6.56. The second kappa shape index (κ2) is 8.45. The number of nitrogens with zero attached hydrogens (tertiary/aromatic N) is 2. The molecule has 0 aliphatic heterocycles. The summed E-state index contributed by atoms with van der Waals surface area (Å²) in [7, 11) is 0. The van der Waals surface area contributed by atoms with E-state index in [9.17, 15) is 9.18 Å². The van der Waals surface area contributed by atoms with E-state index in [-0.39, 0.29) is 24.1 Å². The number of benzene rings is 1. The lowest BCUT2D eigenvalue weighted by Crippen LogP contribution is -2.26. The number of nitrogens with one attached hydrogen (secondary N) is 1. The number of aromatic nitrogens is 2. The molecule has 0 radical (unpaired) electrons. The predicted octanol–water partition coefficient (Wildman–Crippen LogP) is 2.70. The van der Waals surface area contributed by atoms with Crippen molar-refractivity contribution >= 4 is 18.3 Å². The number of aryl methyl sites for hydroxylation is 1. The molecule has 2 aromatic rings. The molecule has 3 rings (SSSR count). The molecule has 0 saturated carbocycles. The molecule has 1 aliphatic rings. The molecule has 0 unspecified atom stereocenters. The van der Waals surface area contributed by atoms with Gasteiger partial charge in [-0.2, -0.15) is 5.10 Å². The minimum absolute atomic E-state index is 0. The zero-order valence-corrected chi connectivity index (χ0v) is 15.2. The monoisotopic (exact) mass is 366 g/mol. The van der Waals surface area contributed by atoms with Gasteiger partial charge in [0.15, 0.2) is 5.69 Å². The summed E-state index contributed by atoms with van der Waals surface area (Å²) in [6.07, 6.45) is 4.32. The minimum Gasteiger partial charge on any atom is -0.351 e. The number of halogens is 2. The Morgan fingerprint density at radius 1 is 1.36 bits per heavy atom. The Balaban J connectivity index is 0.00000225. The summed E-state index contributed by atoms with van der Waals surface area (Å²) in [5.74, 6) is -0.501. The Morgan fingerprint density at radius 3 is 2.88 bits per heavy atom. The maximum Gasteiger partial charge on any atom is 0.272 e. The maximum absolute atomic E-state index is 14.3. The third-order valence-electron chi connectivity index (χ3n) is 4.39. The number of rotatable bonds is 6. The zero-order chi connectivity index (χ0) is 17.1. The van der Waals surface area contributed by atoms with Gasteiger partial charge in [0.25, 0.3) is 5.91 Å². The van der Waals surface area contributed by atoms with Gasteiger partial charge in [0, 0.05) is 17.8 Å². The maximum atomic E-state index is 14.3. The van der Waals surface area contributed by atoms with Crippen LogP contribution < -0.4 is 11.1 Å². The largest absolute Gasteiger partial charge is 0.351 e. The van der Waals surface area contributed by atoms with Gasteiger partial charge in [0.05, 0.1) is 0 Å². The molecule has 1 amide bonds.